The minimum atomic E-state index is 0.289. The summed E-state index contributed by atoms with van der Waals surface area (Å²) in [6, 6.07) is 6.75. The van der Waals surface area contributed by atoms with Crippen LogP contribution in [0.2, 0.25) is 5.28 Å². The molecule has 3 aromatic rings. The van der Waals surface area contributed by atoms with Crippen molar-refractivity contribution in [1.29, 1.82) is 0 Å². The molecule has 0 bridgehead atoms. The first kappa shape index (κ1) is 14.8. The summed E-state index contributed by atoms with van der Waals surface area (Å²) >= 11 is 9.51. The first-order chi connectivity index (χ1) is 10.0. The summed E-state index contributed by atoms with van der Waals surface area (Å²) in [5, 5.41) is 4.82. The third-order valence-corrected chi connectivity index (χ3v) is 5.31. The van der Waals surface area contributed by atoms with Crippen molar-refractivity contribution in [3.05, 3.63) is 38.1 Å². The van der Waals surface area contributed by atoms with Gasteiger partial charge in [-0.25, -0.2) is 9.97 Å². The number of rotatable bonds is 4. The second-order valence-corrected chi connectivity index (χ2v) is 8.12. The van der Waals surface area contributed by atoms with E-state index in [0.717, 1.165) is 22.5 Å². The van der Waals surface area contributed by atoms with Gasteiger partial charge in [0.15, 0.2) is 0 Å². The van der Waals surface area contributed by atoms with Gasteiger partial charge in [0, 0.05) is 27.1 Å². The summed E-state index contributed by atoms with van der Waals surface area (Å²) in [4.78, 5) is 13.5. The van der Waals surface area contributed by atoms with Crippen molar-refractivity contribution in [2.24, 2.45) is 0 Å². The summed E-state index contributed by atoms with van der Waals surface area (Å²) in [5.74, 6) is 0.829. The Bertz CT molecular complexity index is 778. The number of nitrogens with one attached hydrogen (secondary N) is 1. The molecule has 1 atom stereocenters. The monoisotopic (exact) mass is 337 g/mol. The lowest BCUT2D eigenvalue weighted by atomic mass is 10.2. The van der Waals surface area contributed by atoms with Crippen LogP contribution in [0.15, 0.2) is 18.2 Å². The maximum Gasteiger partial charge on any atom is 0.225 e. The average Bonchev–Trinajstić information content (AvgIpc) is 2.94. The predicted octanol–water partition coefficient (Wildman–Crippen LogP) is 5.07. The molecule has 3 heterocycles. The lowest BCUT2D eigenvalue weighted by molar-refractivity contribution is 0.796. The van der Waals surface area contributed by atoms with E-state index in [0.29, 0.717) is 5.28 Å². The fourth-order valence-electron chi connectivity index (χ4n) is 2.31. The van der Waals surface area contributed by atoms with Crippen LogP contribution in [0.3, 0.4) is 0 Å². The van der Waals surface area contributed by atoms with Gasteiger partial charge in [-0.15, -0.1) is 22.7 Å². The molecule has 1 N–H and O–H groups in total. The van der Waals surface area contributed by atoms with Gasteiger partial charge in [0.2, 0.25) is 5.28 Å². The van der Waals surface area contributed by atoms with E-state index in [4.69, 9.17) is 11.6 Å². The minimum Gasteiger partial charge on any atom is -0.367 e. The summed E-state index contributed by atoms with van der Waals surface area (Å²) in [5.41, 5.74) is 0. The number of halogens is 1. The highest BCUT2D eigenvalue weighted by Gasteiger charge is 2.12. The van der Waals surface area contributed by atoms with Crippen LogP contribution in [0.1, 0.15) is 21.6 Å². The van der Waals surface area contributed by atoms with E-state index < -0.39 is 0 Å². The quantitative estimate of drug-likeness (QED) is 0.676. The third-order valence-electron chi connectivity index (χ3n) is 3.18. The van der Waals surface area contributed by atoms with Gasteiger partial charge in [-0.05, 0) is 50.6 Å². The van der Waals surface area contributed by atoms with Gasteiger partial charge in [-0.3, -0.25) is 0 Å². The van der Waals surface area contributed by atoms with Crippen LogP contribution in [0, 0.1) is 13.8 Å². The minimum absolute atomic E-state index is 0.289. The normalized spacial score (nSPS) is 12.8. The van der Waals surface area contributed by atoms with E-state index in [1.165, 1.54) is 14.6 Å². The standard InChI is InChI=1S/C15H16ClN3S2/c1-8(6-11-5-4-9(2)20-11)17-13-12-7-10(3)21-14(12)19-15(16)18-13/h4-5,7-8H,6H2,1-3H3,(H,17,18,19). The molecule has 6 heteroatoms. The highest BCUT2D eigenvalue weighted by molar-refractivity contribution is 7.18. The largest absolute Gasteiger partial charge is 0.367 e. The van der Waals surface area contributed by atoms with Gasteiger partial charge in [0.25, 0.3) is 0 Å². The highest BCUT2D eigenvalue weighted by atomic mass is 35.5. The van der Waals surface area contributed by atoms with Crippen LogP contribution in [-0.2, 0) is 6.42 Å². The van der Waals surface area contributed by atoms with Crippen molar-refractivity contribution in [3.63, 3.8) is 0 Å². The molecule has 21 heavy (non-hydrogen) atoms. The topological polar surface area (TPSA) is 37.8 Å². The molecule has 0 radical (unpaired) electrons. The highest BCUT2D eigenvalue weighted by Crippen LogP contribution is 2.30. The Hall–Kier alpha value is -1.17. The number of hydrogen-bond acceptors (Lipinski definition) is 5. The Balaban J connectivity index is 1.83. The second-order valence-electron chi connectivity index (χ2n) is 5.18. The van der Waals surface area contributed by atoms with Crippen molar-refractivity contribution in [2.45, 2.75) is 33.2 Å². The zero-order valence-corrected chi connectivity index (χ0v) is 14.5. The first-order valence-corrected chi connectivity index (χ1v) is 8.78. The predicted molar refractivity (Wildman–Crippen MR) is 93.0 cm³/mol. The molecule has 0 fully saturated rings. The van der Waals surface area contributed by atoms with Gasteiger partial charge in [0.05, 0.1) is 5.39 Å². The number of fused-ring (bicyclic) bond motifs is 1. The van der Waals surface area contributed by atoms with Crippen LogP contribution in [-0.4, -0.2) is 16.0 Å². The second kappa shape index (κ2) is 5.91. The molecule has 0 aliphatic carbocycles. The molecular formula is C15H16ClN3S2. The van der Waals surface area contributed by atoms with E-state index >= 15 is 0 Å². The van der Waals surface area contributed by atoms with Crippen molar-refractivity contribution < 1.29 is 0 Å². The number of aromatic nitrogens is 2. The van der Waals surface area contributed by atoms with Crippen LogP contribution < -0.4 is 5.32 Å². The zero-order chi connectivity index (χ0) is 15.0. The molecule has 0 saturated carbocycles. The van der Waals surface area contributed by atoms with Crippen LogP contribution in [0.25, 0.3) is 10.2 Å². The lowest BCUT2D eigenvalue weighted by Gasteiger charge is -2.14. The fraction of sp³-hybridized carbons (Fsp3) is 0.333. The molecule has 1 unspecified atom stereocenters. The van der Waals surface area contributed by atoms with E-state index in [1.54, 1.807) is 11.3 Å². The molecule has 0 amide bonds. The molecule has 0 saturated heterocycles. The molecule has 0 aliphatic heterocycles. The molecule has 0 aliphatic rings. The maximum absolute atomic E-state index is 6.03. The Kier molecular flexibility index (Phi) is 4.15. The Morgan fingerprint density at radius 3 is 2.71 bits per heavy atom. The van der Waals surface area contributed by atoms with Gasteiger partial charge in [-0.1, -0.05) is 0 Å². The third kappa shape index (κ3) is 3.36. The van der Waals surface area contributed by atoms with Crippen molar-refractivity contribution in [2.75, 3.05) is 5.32 Å². The van der Waals surface area contributed by atoms with Gasteiger partial charge >= 0.3 is 0 Å². The van der Waals surface area contributed by atoms with Crippen LogP contribution >= 0.6 is 34.3 Å². The van der Waals surface area contributed by atoms with Gasteiger partial charge in [0.1, 0.15) is 10.6 Å². The van der Waals surface area contributed by atoms with E-state index in [1.807, 2.05) is 11.3 Å². The van der Waals surface area contributed by atoms with E-state index in [2.05, 4.69) is 54.3 Å². The zero-order valence-electron chi connectivity index (χ0n) is 12.1. The van der Waals surface area contributed by atoms with E-state index in [9.17, 15) is 0 Å². The fourth-order valence-corrected chi connectivity index (χ4v) is 4.42. The molecular weight excluding hydrogens is 322 g/mol. The smallest absolute Gasteiger partial charge is 0.225 e. The molecule has 0 aromatic carbocycles. The Morgan fingerprint density at radius 1 is 1.19 bits per heavy atom. The van der Waals surface area contributed by atoms with Crippen molar-refractivity contribution >= 4 is 50.3 Å². The first-order valence-electron chi connectivity index (χ1n) is 6.77. The Morgan fingerprint density at radius 2 is 2.00 bits per heavy atom. The molecule has 3 rings (SSSR count). The van der Waals surface area contributed by atoms with Crippen molar-refractivity contribution in [1.82, 2.24) is 9.97 Å². The number of hydrogen-bond donors (Lipinski definition) is 1. The van der Waals surface area contributed by atoms with Crippen LogP contribution in [0.4, 0.5) is 5.82 Å². The Labute approximate surface area is 137 Å². The van der Waals surface area contributed by atoms with E-state index in [-0.39, 0.29) is 6.04 Å². The number of aryl methyl sites for hydroxylation is 2. The molecule has 110 valence electrons. The summed E-state index contributed by atoms with van der Waals surface area (Å²) < 4.78 is 0. The molecule has 0 spiro atoms. The summed E-state index contributed by atoms with van der Waals surface area (Å²) in [6.07, 6.45) is 0.977. The summed E-state index contributed by atoms with van der Waals surface area (Å²) in [6.45, 7) is 6.37. The average molecular weight is 338 g/mol. The van der Waals surface area contributed by atoms with Crippen molar-refractivity contribution in [3.8, 4) is 0 Å². The van der Waals surface area contributed by atoms with Crippen LogP contribution in [0.5, 0.6) is 0 Å². The maximum atomic E-state index is 6.03. The van der Waals surface area contributed by atoms with Gasteiger partial charge < -0.3 is 5.32 Å². The SMILES string of the molecule is Cc1ccc(CC(C)Nc2nc(Cl)nc3sc(C)cc23)s1. The lowest BCUT2D eigenvalue weighted by Crippen LogP contribution is -2.18. The number of anilines is 1. The summed E-state index contributed by atoms with van der Waals surface area (Å²) in [7, 11) is 0. The number of thiophene rings is 2. The number of nitrogens with zero attached hydrogens (tertiary/aromatic N) is 2. The molecule has 3 nitrogen and oxygen atoms in total. The molecule has 3 aromatic heterocycles. The van der Waals surface area contributed by atoms with Gasteiger partial charge in [-0.2, -0.15) is 0 Å².